The molecule has 25 heavy (non-hydrogen) atoms. The highest BCUT2D eigenvalue weighted by Gasteiger charge is 2.19. The average Bonchev–Trinajstić information content (AvgIpc) is 3.01. The van der Waals surface area contributed by atoms with Crippen LogP contribution in [0.25, 0.3) is 0 Å². The molecule has 2 fully saturated rings. The van der Waals surface area contributed by atoms with Gasteiger partial charge in [0.15, 0.2) is 5.75 Å². The molecule has 5 nitrogen and oxygen atoms in total. The van der Waals surface area contributed by atoms with E-state index < -0.39 is 0 Å². The molecule has 1 N–H and O–H groups in total. The third kappa shape index (κ3) is 4.85. The van der Waals surface area contributed by atoms with Gasteiger partial charge in [-0.3, -0.25) is 14.6 Å². The van der Waals surface area contributed by atoms with E-state index in [4.69, 9.17) is 0 Å². The van der Waals surface area contributed by atoms with Crippen molar-refractivity contribution in [3.63, 3.8) is 0 Å². The Balaban J connectivity index is 1.79. The molecule has 3 rings (SSSR count). The van der Waals surface area contributed by atoms with E-state index in [1.165, 1.54) is 51.4 Å². The van der Waals surface area contributed by atoms with Crippen molar-refractivity contribution < 1.29 is 5.11 Å². The van der Waals surface area contributed by atoms with Gasteiger partial charge in [0, 0.05) is 31.9 Å². The molecular weight excluding hydrogens is 314 g/mol. The number of aromatic nitrogens is 1. The van der Waals surface area contributed by atoms with Crippen LogP contribution in [0.2, 0.25) is 0 Å². The van der Waals surface area contributed by atoms with Crippen molar-refractivity contribution in [2.24, 2.45) is 7.05 Å². The monoisotopic (exact) mass is 347 g/mol. The fraction of sp³-hybridized carbons (Fsp3) is 0.750. The van der Waals surface area contributed by atoms with Gasteiger partial charge in [-0.1, -0.05) is 25.7 Å². The Morgan fingerprint density at radius 3 is 1.84 bits per heavy atom. The quantitative estimate of drug-likeness (QED) is 0.910. The lowest BCUT2D eigenvalue weighted by atomic mass is 10.2. The molecule has 2 aliphatic heterocycles. The Morgan fingerprint density at radius 1 is 0.840 bits per heavy atom. The van der Waals surface area contributed by atoms with Crippen LogP contribution in [0.5, 0.6) is 5.75 Å². The van der Waals surface area contributed by atoms with Crippen molar-refractivity contribution in [3.05, 3.63) is 27.7 Å². The summed E-state index contributed by atoms with van der Waals surface area (Å²) in [5.41, 5.74) is 1.57. The van der Waals surface area contributed by atoms with E-state index in [1.807, 2.05) is 7.05 Å². The van der Waals surface area contributed by atoms with E-state index in [0.717, 1.165) is 44.1 Å². The number of aromatic hydroxyl groups is 1. The molecule has 0 unspecified atom stereocenters. The minimum absolute atomic E-state index is 0.0636. The van der Waals surface area contributed by atoms with Crippen LogP contribution in [-0.2, 0) is 20.1 Å². The van der Waals surface area contributed by atoms with Gasteiger partial charge in [0.25, 0.3) is 0 Å². The predicted molar refractivity (Wildman–Crippen MR) is 101 cm³/mol. The highest BCUT2D eigenvalue weighted by Crippen LogP contribution is 2.20. The summed E-state index contributed by atoms with van der Waals surface area (Å²) < 4.78 is 2.06. The maximum absolute atomic E-state index is 12.3. The average molecular weight is 348 g/mol. The third-order valence-corrected chi connectivity index (χ3v) is 5.80. The summed E-state index contributed by atoms with van der Waals surface area (Å²) >= 11 is 0. The molecule has 0 bridgehead atoms. The molecule has 1 aromatic heterocycles. The lowest BCUT2D eigenvalue weighted by molar-refractivity contribution is 0.254. The smallest absolute Gasteiger partial charge is 0.223 e. The Hall–Kier alpha value is -1.33. The summed E-state index contributed by atoms with van der Waals surface area (Å²) in [5.74, 6) is -0.0636. The van der Waals surface area contributed by atoms with Crippen LogP contribution in [-0.4, -0.2) is 45.7 Å². The molecule has 0 atom stereocenters. The van der Waals surface area contributed by atoms with Crippen molar-refractivity contribution in [3.8, 4) is 5.75 Å². The standard InChI is InChI=1S/C20H33N3O2/c1-21-17(15-22-10-6-2-3-7-11-22)14-19(24)20(25)18(21)16-23-12-8-4-5-9-13-23/h14,25H,2-13,15-16H2,1H3. The Morgan fingerprint density at radius 2 is 1.32 bits per heavy atom. The normalized spacial score (nSPS) is 21.0. The van der Waals surface area contributed by atoms with Gasteiger partial charge in [-0.15, -0.1) is 0 Å². The number of likely N-dealkylation sites (tertiary alicyclic amines) is 2. The van der Waals surface area contributed by atoms with E-state index >= 15 is 0 Å². The second kappa shape index (κ2) is 8.86. The first-order valence-corrected chi connectivity index (χ1v) is 10.0. The van der Waals surface area contributed by atoms with E-state index in [0.29, 0.717) is 6.54 Å². The van der Waals surface area contributed by atoms with Crippen LogP contribution in [0.1, 0.15) is 62.8 Å². The maximum Gasteiger partial charge on any atom is 0.223 e. The molecule has 0 radical (unpaired) electrons. The lowest BCUT2D eigenvalue weighted by Crippen LogP contribution is -2.30. The summed E-state index contributed by atoms with van der Waals surface area (Å²) in [6, 6.07) is 1.63. The maximum atomic E-state index is 12.3. The second-order valence-corrected chi connectivity index (χ2v) is 7.73. The van der Waals surface area contributed by atoms with E-state index in [9.17, 15) is 9.90 Å². The first kappa shape index (κ1) is 18.5. The molecule has 3 heterocycles. The third-order valence-electron chi connectivity index (χ3n) is 5.80. The zero-order valence-electron chi connectivity index (χ0n) is 15.7. The molecule has 1 aromatic rings. The SMILES string of the molecule is Cn1c(CN2CCCCCC2)cc(=O)c(O)c1CN1CCCCCC1. The second-order valence-electron chi connectivity index (χ2n) is 7.73. The molecule has 2 saturated heterocycles. The molecule has 140 valence electrons. The molecule has 0 aliphatic carbocycles. The summed E-state index contributed by atoms with van der Waals surface area (Å²) in [7, 11) is 2.00. The fourth-order valence-corrected chi connectivity index (χ4v) is 4.15. The summed E-state index contributed by atoms with van der Waals surface area (Å²) in [6.07, 6.45) is 10.1. The molecule has 5 heteroatoms. The van der Waals surface area contributed by atoms with Crippen LogP contribution < -0.4 is 5.43 Å². The zero-order valence-corrected chi connectivity index (χ0v) is 15.7. The van der Waals surface area contributed by atoms with Crippen molar-refractivity contribution in [2.75, 3.05) is 26.2 Å². The summed E-state index contributed by atoms with van der Waals surface area (Å²) in [5, 5.41) is 10.4. The highest BCUT2D eigenvalue weighted by atomic mass is 16.3. The minimum atomic E-state index is -0.229. The van der Waals surface area contributed by atoms with Gasteiger partial charge in [0.2, 0.25) is 5.43 Å². The molecule has 0 aromatic carbocycles. The van der Waals surface area contributed by atoms with Crippen molar-refractivity contribution in [2.45, 2.75) is 64.5 Å². The molecule has 0 saturated carbocycles. The zero-order chi connectivity index (χ0) is 17.6. The van der Waals surface area contributed by atoms with Crippen LogP contribution in [0.4, 0.5) is 0 Å². The van der Waals surface area contributed by atoms with Crippen LogP contribution >= 0.6 is 0 Å². The van der Waals surface area contributed by atoms with Gasteiger partial charge in [0.1, 0.15) is 0 Å². The van der Waals surface area contributed by atoms with Crippen LogP contribution in [0.15, 0.2) is 10.9 Å². The number of hydrogen-bond donors (Lipinski definition) is 1. The predicted octanol–water partition coefficient (Wildman–Crippen LogP) is 2.84. The van der Waals surface area contributed by atoms with E-state index in [1.54, 1.807) is 6.07 Å². The Bertz CT molecular complexity index is 610. The van der Waals surface area contributed by atoms with Crippen molar-refractivity contribution >= 4 is 0 Å². The summed E-state index contributed by atoms with van der Waals surface area (Å²) in [4.78, 5) is 17.2. The molecule has 0 amide bonds. The van der Waals surface area contributed by atoms with Crippen molar-refractivity contribution in [1.29, 1.82) is 0 Å². The molecule has 0 spiro atoms. The van der Waals surface area contributed by atoms with Gasteiger partial charge >= 0.3 is 0 Å². The first-order chi connectivity index (χ1) is 12.1. The fourth-order valence-electron chi connectivity index (χ4n) is 4.15. The first-order valence-electron chi connectivity index (χ1n) is 10.0. The topological polar surface area (TPSA) is 48.7 Å². The molecular formula is C20H33N3O2. The highest BCUT2D eigenvalue weighted by molar-refractivity contribution is 5.30. The molecule has 2 aliphatic rings. The number of nitrogens with zero attached hydrogens (tertiary/aromatic N) is 3. The van der Waals surface area contributed by atoms with E-state index in [2.05, 4.69) is 14.4 Å². The Labute approximate surface area is 151 Å². The van der Waals surface area contributed by atoms with Crippen LogP contribution in [0, 0.1) is 0 Å². The van der Waals surface area contributed by atoms with E-state index in [-0.39, 0.29) is 11.2 Å². The largest absolute Gasteiger partial charge is 0.503 e. The Kier molecular flexibility index (Phi) is 6.54. The van der Waals surface area contributed by atoms with Gasteiger partial charge in [-0.25, -0.2) is 0 Å². The van der Waals surface area contributed by atoms with Gasteiger partial charge in [-0.2, -0.15) is 0 Å². The summed E-state index contributed by atoms with van der Waals surface area (Å²) in [6.45, 7) is 5.81. The minimum Gasteiger partial charge on any atom is -0.503 e. The number of hydrogen-bond acceptors (Lipinski definition) is 4. The lowest BCUT2D eigenvalue weighted by Gasteiger charge is -2.26. The van der Waals surface area contributed by atoms with Crippen LogP contribution in [0.3, 0.4) is 0 Å². The van der Waals surface area contributed by atoms with Gasteiger partial charge < -0.3 is 9.67 Å². The van der Waals surface area contributed by atoms with Gasteiger partial charge in [0.05, 0.1) is 5.69 Å². The number of rotatable bonds is 4. The number of pyridine rings is 1. The van der Waals surface area contributed by atoms with Crippen molar-refractivity contribution in [1.82, 2.24) is 14.4 Å². The van der Waals surface area contributed by atoms with Gasteiger partial charge in [-0.05, 0) is 51.9 Å².